The van der Waals surface area contributed by atoms with Gasteiger partial charge in [0.05, 0.1) is 6.61 Å². The quantitative estimate of drug-likeness (QED) is 0.689. The Morgan fingerprint density at radius 3 is 2.65 bits per heavy atom. The van der Waals surface area contributed by atoms with Crippen molar-refractivity contribution in [3.05, 3.63) is 29.8 Å². The highest BCUT2D eigenvalue weighted by Crippen LogP contribution is 2.24. The second-order valence-electron chi connectivity index (χ2n) is 4.42. The maximum absolute atomic E-state index is 5.84. The van der Waals surface area contributed by atoms with Gasteiger partial charge in [0.2, 0.25) is 0 Å². The Balaban J connectivity index is 2.62. The first kappa shape index (κ1) is 14.0. The summed E-state index contributed by atoms with van der Waals surface area (Å²) in [4.78, 5) is 0. The van der Waals surface area contributed by atoms with E-state index in [9.17, 15) is 0 Å². The zero-order chi connectivity index (χ0) is 12.5. The molecule has 0 bridgehead atoms. The summed E-state index contributed by atoms with van der Waals surface area (Å²) in [5, 5.41) is 3.50. The van der Waals surface area contributed by atoms with Crippen molar-refractivity contribution in [2.75, 3.05) is 13.2 Å². The minimum absolute atomic E-state index is 0.354. The van der Waals surface area contributed by atoms with E-state index in [1.165, 1.54) is 12.0 Å². The van der Waals surface area contributed by atoms with Crippen molar-refractivity contribution in [2.45, 2.75) is 46.1 Å². The van der Waals surface area contributed by atoms with E-state index in [0.717, 1.165) is 31.7 Å². The fourth-order valence-corrected chi connectivity index (χ4v) is 1.77. The van der Waals surface area contributed by atoms with Gasteiger partial charge in [-0.2, -0.15) is 0 Å². The van der Waals surface area contributed by atoms with Crippen LogP contribution in [0.25, 0.3) is 0 Å². The van der Waals surface area contributed by atoms with Gasteiger partial charge >= 0.3 is 0 Å². The van der Waals surface area contributed by atoms with Gasteiger partial charge in [-0.15, -0.1) is 0 Å². The summed E-state index contributed by atoms with van der Waals surface area (Å²) in [5.74, 6) is 1.03. The van der Waals surface area contributed by atoms with Crippen LogP contribution < -0.4 is 10.1 Å². The largest absolute Gasteiger partial charge is 0.493 e. The van der Waals surface area contributed by atoms with Gasteiger partial charge in [0, 0.05) is 11.6 Å². The highest BCUT2D eigenvalue weighted by atomic mass is 16.5. The van der Waals surface area contributed by atoms with Crippen LogP contribution in [0.3, 0.4) is 0 Å². The van der Waals surface area contributed by atoms with Gasteiger partial charge in [-0.25, -0.2) is 0 Å². The molecule has 1 N–H and O–H groups in total. The van der Waals surface area contributed by atoms with Gasteiger partial charge in [-0.1, -0.05) is 38.5 Å². The van der Waals surface area contributed by atoms with Crippen molar-refractivity contribution in [3.8, 4) is 5.75 Å². The Morgan fingerprint density at radius 1 is 1.18 bits per heavy atom. The minimum atomic E-state index is 0.354. The molecule has 0 aliphatic heterocycles. The maximum Gasteiger partial charge on any atom is 0.124 e. The first-order valence-corrected chi connectivity index (χ1v) is 6.74. The van der Waals surface area contributed by atoms with Gasteiger partial charge < -0.3 is 10.1 Å². The molecule has 1 atom stereocenters. The van der Waals surface area contributed by atoms with E-state index < -0.39 is 0 Å². The number of hydrogen-bond acceptors (Lipinski definition) is 2. The molecule has 0 amide bonds. The van der Waals surface area contributed by atoms with Crippen LogP contribution in [0.5, 0.6) is 5.75 Å². The Labute approximate surface area is 105 Å². The van der Waals surface area contributed by atoms with Crippen LogP contribution in [0.1, 0.15) is 51.6 Å². The first-order chi connectivity index (χ1) is 8.29. The molecule has 0 unspecified atom stereocenters. The molecule has 1 rings (SSSR count). The number of hydrogen-bond donors (Lipinski definition) is 1. The minimum Gasteiger partial charge on any atom is -0.493 e. The zero-order valence-electron chi connectivity index (χ0n) is 11.3. The number of ether oxygens (including phenoxy) is 1. The number of para-hydroxylation sites is 1. The molecule has 17 heavy (non-hydrogen) atoms. The van der Waals surface area contributed by atoms with Crippen LogP contribution in [0.2, 0.25) is 0 Å². The smallest absolute Gasteiger partial charge is 0.124 e. The molecular weight excluding hydrogens is 210 g/mol. The van der Waals surface area contributed by atoms with Gasteiger partial charge in [-0.05, 0) is 32.4 Å². The predicted octanol–water partition coefficient (Wildman–Crippen LogP) is 3.93. The molecule has 0 aliphatic carbocycles. The van der Waals surface area contributed by atoms with Gasteiger partial charge in [-0.3, -0.25) is 0 Å². The van der Waals surface area contributed by atoms with E-state index in [1.54, 1.807) is 0 Å². The lowest BCUT2D eigenvalue weighted by molar-refractivity contribution is 0.303. The lowest BCUT2D eigenvalue weighted by Gasteiger charge is -2.18. The van der Waals surface area contributed by atoms with Gasteiger partial charge in [0.15, 0.2) is 0 Å². The highest BCUT2D eigenvalue weighted by Gasteiger charge is 2.09. The lowest BCUT2D eigenvalue weighted by atomic mass is 10.1. The van der Waals surface area contributed by atoms with Crippen molar-refractivity contribution in [1.29, 1.82) is 0 Å². The Morgan fingerprint density at radius 2 is 1.94 bits per heavy atom. The molecule has 0 saturated carbocycles. The molecule has 0 radical (unpaired) electrons. The summed E-state index contributed by atoms with van der Waals surface area (Å²) in [5.41, 5.74) is 1.26. The average Bonchev–Trinajstić information content (AvgIpc) is 2.37. The van der Waals surface area contributed by atoms with Crippen LogP contribution in [-0.4, -0.2) is 13.2 Å². The molecule has 0 aliphatic rings. The van der Waals surface area contributed by atoms with Gasteiger partial charge in [0.25, 0.3) is 0 Å². The van der Waals surface area contributed by atoms with E-state index in [4.69, 9.17) is 4.74 Å². The average molecular weight is 235 g/mol. The number of rotatable bonds is 8. The number of unbranched alkanes of at least 4 members (excludes halogenated alkanes) is 1. The predicted molar refractivity (Wildman–Crippen MR) is 73.6 cm³/mol. The molecule has 1 aromatic carbocycles. The second kappa shape index (κ2) is 8.13. The molecule has 0 fully saturated rings. The lowest BCUT2D eigenvalue weighted by Crippen LogP contribution is -2.20. The van der Waals surface area contributed by atoms with Gasteiger partial charge in [0.1, 0.15) is 5.75 Å². The van der Waals surface area contributed by atoms with Crippen LogP contribution in [0.15, 0.2) is 24.3 Å². The first-order valence-electron chi connectivity index (χ1n) is 6.74. The SMILES string of the molecule is CCCCOc1ccccc1[C@H](C)NCCC. The number of nitrogens with one attached hydrogen (secondary N) is 1. The van der Waals surface area contributed by atoms with Crippen LogP contribution in [0, 0.1) is 0 Å². The van der Waals surface area contributed by atoms with E-state index >= 15 is 0 Å². The fraction of sp³-hybridized carbons (Fsp3) is 0.600. The molecule has 2 nitrogen and oxygen atoms in total. The third-order valence-corrected chi connectivity index (χ3v) is 2.84. The van der Waals surface area contributed by atoms with Crippen LogP contribution in [-0.2, 0) is 0 Å². The van der Waals surface area contributed by atoms with Crippen molar-refractivity contribution in [3.63, 3.8) is 0 Å². The highest BCUT2D eigenvalue weighted by molar-refractivity contribution is 5.35. The Kier molecular flexibility index (Phi) is 6.71. The molecule has 2 heteroatoms. The maximum atomic E-state index is 5.84. The Bertz CT molecular complexity index is 312. The Hall–Kier alpha value is -1.02. The molecule has 0 aromatic heterocycles. The van der Waals surface area contributed by atoms with Crippen LogP contribution >= 0.6 is 0 Å². The summed E-state index contributed by atoms with van der Waals surface area (Å²) in [6.07, 6.45) is 3.44. The summed E-state index contributed by atoms with van der Waals surface area (Å²) in [6, 6.07) is 8.68. The summed E-state index contributed by atoms with van der Waals surface area (Å²) in [7, 11) is 0. The van der Waals surface area contributed by atoms with E-state index in [1.807, 2.05) is 6.07 Å². The van der Waals surface area contributed by atoms with Crippen LogP contribution in [0.4, 0.5) is 0 Å². The van der Waals surface area contributed by atoms with E-state index in [0.29, 0.717) is 6.04 Å². The molecule has 0 saturated heterocycles. The molecule has 0 heterocycles. The summed E-state index contributed by atoms with van der Waals surface area (Å²) >= 11 is 0. The second-order valence-corrected chi connectivity index (χ2v) is 4.42. The summed E-state index contributed by atoms with van der Waals surface area (Å²) in [6.45, 7) is 8.42. The topological polar surface area (TPSA) is 21.3 Å². The zero-order valence-corrected chi connectivity index (χ0v) is 11.3. The fourth-order valence-electron chi connectivity index (χ4n) is 1.77. The standard InChI is InChI=1S/C15H25NO/c1-4-6-12-17-15-10-8-7-9-14(15)13(3)16-11-5-2/h7-10,13,16H,4-6,11-12H2,1-3H3/t13-/m0/s1. The molecule has 1 aromatic rings. The van der Waals surface area contributed by atoms with Crippen molar-refractivity contribution in [1.82, 2.24) is 5.32 Å². The molecular formula is C15H25NO. The monoisotopic (exact) mass is 235 g/mol. The molecule has 96 valence electrons. The van der Waals surface area contributed by atoms with E-state index in [2.05, 4.69) is 44.3 Å². The molecule has 0 spiro atoms. The summed E-state index contributed by atoms with van der Waals surface area (Å²) < 4.78 is 5.84. The normalized spacial score (nSPS) is 12.4. The van der Waals surface area contributed by atoms with Crippen molar-refractivity contribution >= 4 is 0 Å². The van der Waals surface area contributed by atoms with Crippen molar-refractivity contribution in [2.24, 2.45) is 0 Å². The third-order valence-electron chi connectivity index (χ3n) is 2.84. The number of benzene rings is 1. The van der Waals surface area contributed by atoms with E-state index in [-0.39, 0.29) is 0 Å². The van der Waals surface area contributed by atoms with Crippen molar-refractivity contribution < 1.29 is 4.74 Å². The third kappa shape index (κ3) is 4.78.